The second-order valence-electron chi connectivity index (χ2n) is 5.86. The first-order chi connectivity index (χ1) is 10.1. The van der Waals surface area contributed by atoms with Gasteiger partial charge in [-0.05, 0) is 17.0 Å². The molecule has 0 fully saturated rings. The van der Waals surface area contributed by atoms with Gasteiger partial charge in [-0.1, -0.05) is 32.0 Å². The van der Waals surface area contributed by atoms with E-state index in [9.17, 15) is 0 Å². The summed E-state index contributed by atoms with van der Waals surface area (Å²) >= 11 is 0. The standard InChI is InChI=1S/C17H22N4/c1-13(2)18-10-16-6-4-5-15-7-8-21(17(15)16)12-14-9-19-20(3)11-14/h4-9,11,13,18H,10,12H2,1-3H3. The number of hydrogen-bond acceptors (Lipinski definition) is 2. The third-order valence-electron chi connectivity index (χ3n) is 3.68. The molecule has 0 amide bonds. The number of fused-ring (bicyclic) bond motifs is 1. The van der Waals surface area contributed by atoms with Gasteiger partial charge >= 0.3 is 0 Å². The van der Waals surface area contributed by atoms with Crippen LogP contribution in [0.25, 0.3) is 10.9 Å². The molecule has 0 bridgehead atoms. The van der Waals surface area contributed by atoms with Crippen LogP contribution in [0.2, 0.25) is 0 Å². The molecule has 0 radical (unpaired) electrons. The van der Waals surface area contributed by atoms with Gasteiger partial charge in [0.25, 0.3) is 0 Å². The Kier molecular flexibility index (Phi) is 3.80. The van der Waals surface area contributed by atoms with Gasteiger partial charge in [0.2, 0.25) is 0 Å². The van der Waals surface area contributed by atoms with E-state index in [1.165, 1.54) is 22.0 Å². The fourth-order valence-electron chi connectivity index (χ4n) is 2.68. The second-order valence-corrected chi connectivity index (χ2v) is 5.86. The molecule has 0 aliphatic rings. The second kappa shape index (κ2) is 5.74. The summed E-state index contributed by atoms with van der Waals surface area (Å²) < 4.78 is 4.16. The van der Waals surface area contributed by atoms with Gasteiger partial charge in [0, 0.05) is 37.6 Å². The number of nitrogens with one attached hydrogen (secondary N) is 1. The van der Waals surface area contributed by atoms with Gasteiger partial charge in [0.1, 0.15) is 0 Å². The lowest BCUT2D eigenvalue weighted by Gasteiger charge is -2.12. The van der Waals surface area contributed by atoms with Gasteiger partial charge in [0.05, 0.1) is 18.3 Å². The highest BCUT2D eigenvalue weighted by Crippen LogP contribution is 2.21. The van der Waals surface area contributed by atoms with Crippen LogP contribution >= 0.6 is 0 Å². The van der Waals surface area contributed by atoms with Crippen LogP contribution in [0.1, 0.15) is 25.0 Å². The molecule has 0 aliphatic heterocycles. The molecule has 0 saturated carbocycles. The maximum Gasteiger partial charge on any atom is 0.0539 e. The van der Waals surface area contributed by atoms with Crippen molar-refractivity contribution < 1.29 is 0 Å². The molecule has 4 heteroatoms. The van der Waals surface area contributed by atoms with E-state index in [0.717, 1.165) is 13.1 Å². The molecule has 1 aromatic carbocycles. The molecule has 0 unspecified atom stereocenters. The van der Waals surface area contributed by atoms with Gasteiger partial charge in [-0.2, -0.15) is 5.10 Å². The molecule has 2 aromatic heterocycles. The Morgan fingerprint density at radius 1 is 1.24 bits per heavy atom. The highest BCUT2D eigenvalue weighted by Gasteiger charge is 2.08. The summed E-state index contributed by atoms with van der Waals surface area (Å²) in [7, 11) is 1.95. The van der Waals surface area contributed by atoms with E-state index in [0.29, 0.717) is 6.04 Å². The minimum Gasteiger partial charge on any atom is -0.343 e. The Balaban J connectivity index is 1.95. The van der Waals surface area contributed by atoms with Crippen molar-refractivity contribution in [1.29, 1.82) is 0 Å². The highest BCUT2D eigenvalue weighted by atomic mass is 15.2. The fraction of sp³-hybridized carbons (Fsp3) is 0.353. The van der Waals surface area contributed by atoms with Crippen LogP contribution in [0.4, 0.5) is 0 Å². The molecule has 4 nitrogen and oxygen atoms in total. The van der Waals surface area contributed by atoms with Gasteiger partial charge in [-0.3, -0.25) is 4.68 Å². The molecular formula is C17H22N4. The molecule has 0 saturated heterocycles. The van der Waals surface area contributed by atoms with E-state index in [-0.39, 0.29) is 0 Å². The van der Waals surface area contributed by atoms with Crippen molar-refractivity contribution in [1.82, 2.24) is 19.7 Å². The van der Waals surface area contributed by atoms with E-state index < -0.39 is 0 Å². The van der Waals surface area contributed by atoms with Crippen LogP contribution in [0.5, 0.6) is 0 Å². The quantitative estimate of drug-likeness (QED) is 0.781. The highest BCUT2D eigenvalue weighted by molar-refractivity contribution is 5.83. The minimum atomic E-state index is 0.488. The monoisotopic (exact) mass is 282 g/mol. The van der Waals surface area contributed by atoms with Crippen molar-refractivity contribution in [2.45, 2.75) is 33.0 Å². The van der Waals surface area contributed by atoms with Gasteiger partial charge in [-0.25, -0.2) is 0 Å². The Morgan fingerprint density at radius 2 is 2.10 bits per heavy atom. The third-order valence-corrected chi connectivity index (χ3v) is 3.68. The lowest BCUT2D eigenvalue weighted by molar-refractivity contribution is 0.589. The first-order valence-corrected chi connectivity index (χ1v) is 7.41. The number of nitrogens with zero attached hydrogens (tertiary/aromatic N) is 3. The van der Waals surface area contributed by atoms with Crippen molar-refractivity contribution in [3.8, 4) is 0 Å². The molecule has 0 spiro atoms. The number of hydrogen-bond donors (Lipinski definition) is 1. The fourth-order valence-corrected chi connectivity index (χ4v) is 2.68. The average molecular weight is 282 g/mol. The number of para-hydroxylation sites is 1. The van der Waals surface area contributed by atoms with Crippen molar-refractivity contribution in [3.05, 3.63) is 54.0 Å². The molecule has 0 atom stereocenters. The number of benzene rings is 1. The first-order valence-electron chi connectivity index (χ1n) is 7.41. The lowest BCUT2D eigenvalue weighted by Crippen LogP contribution is -2.22. The third kappa shape index (κ3) is 3.00. The van der Waals surface area contributed by atoms with Crippen molar-refractivity contribution in [2.24, 2.45) is 7.05 Å². The summed E-state index contributed by atoms with van der Waals surface area (Å²) in [5.74, 6) is 0. The number of aromatic nitrogens is 3. The van der Waals surface area contributed by atoms with E-state index in [1.54, 1.807) is 0 Å². The van der Waals surface area contributed by atoms with E-state index >= 15 is 0 Å². The molecule has 21 heavy (non-hydrogen) atoms. The smallest absolute Gasteiger partial charge is 0.0539 e. The summed E-state index contributed by atoms with van der Waals surface area (Å²) in [5.41, 5.74) is 3.88. The van der Waals surface area contributed by atoms with Gasteiger partial charge < -0.3 is 9.88 Å². The molecule has 0 aliphatic carbocycles. The normalized spacial score (nSPS) is 11.6. The van der Waals surface area contributed by atoms with Crippen LogP contribution in [0.3, 0.4) is 0 Å². The average Bonchev–Trinajstić information content (AvgIpc) is 3.04. The zero-order valence-electron chi connectivity index (χ0n) is 12.9. The van der Waals surface area contributed by atoms with Crippen molar-refractivity contribution in [2.75, 3.05) is 0 Å². The summed E-state index contributed by atoms with van der Waals surface area (Å²) in [6, 6.07) is 9.19. The summed E-state index contributed by atoms with van der Waals surface area (Å²) in [4.78, 5) is 0. The number of rotatable bonds is 5. The maximum atomic E-state index is 4.25. The maximum absolute atomic E-state index is 4.25. The van der Waals surface area contributed by atoms with E-state index in [2.05, 4.69) is 65.5 Å². The predicted octanol–water partition coefficient (Wildman–Crippen LogP) is 2.92. The van der Waals surface area contributed by atoms with Crippen LogP contribution in [-0.2, 0) is 20.1 Å². The van der Waals surface area contributed by atoms with Gasteiger partial charge in [-0.15, -0.1) is 0 Å². The molecule has 3 aromatic rings. The Hall–Kier alpha value is -2.07. The Morgan fingerprint density at radius 3 is 2.81 bits per heavy atom. The SMILES string of the molecule is CC(C)NCc1cccc2ccn(Cc3cnn(C)c3)c12. The molecule has 110 valence electrons. The Bertz CT molecular complexity index is 736. The Labute approximate surface area is 125 Å². The predicted molar refractivity (Wildman–Crippen MR) is 86.2 cm³/mol. The lowest BCUT2D eigenvalue weighted by atomic mass is 10.1. The van der Waals surface area contributed by atoms with E-state index in [4.69, 9.17) is 0 Å². The summed E-state index contributed by atoms with van der Waals surface area (Å²) in [5, 5.41) is 9.05. The molecule has 3 rings (SSSR count). The van der Waals surface area contributed by atoms with Crippen molar-refractivity contribution in [3.63, 3.8) is 0 Å². The van der Waals surface area contributed by atoms with Crippen LogP contribution in [0.15, 0.2) is 42.9 Å². The minimum absolute atomic E-state index is 0.488. The zero-order chi connectivity index (χ0) is 14.8. The molecular weight excluding hydrogens is 260 g/mol. The van der Waals surface area contributed by atoms with Crippen LogP contribution < -0.4 is 5.32 Å². The topological polar surface area (TPSA) is 34.8 Å². The molecule has 1 N–H and O–H groups in total. The summed E-state index contributed by atoms with van der Waals surface area (Å²) in [6.07, 6.45) is 6.16. The number of aryl methyl sites for hydroxylation is 1. The van der Waals surface area contributed by atoms with Crippen LogP contribution in [0, 0.1) is 0 Å². The molecule has 2 heterocycles. The van der Waals surface area contributed by atoms with Crippen LogP contribution in [-0.4, -0.2) is 20.4 Å². The van der Waals surface area contributed by atoms with Crippen molar-refractivity contribution >= 4 is 10.9 Å². The zero-order valence-corrected chi connectivity index (χ0v) is 12.9. The largest absolute Gasteiger partial charge is 0.343 e. The first kappa shape index (κ1) is 13.9. The van der Waals surface area contributed by atoms with E-state index in [1.807, 2.05) is 17.9 Å². The summed E-state index contributed by atoms with van der Waals surface area (Å²) in [6.45, 7) is 6.10. The van der Waals surface area contributed by atoms with Gasteiger partial charge in [0.15, 0.2) is 0 Å².